The van der Waals surface area contributed by atoms with Gasteiger partial charge in [0, 0.05) is 13.2 Å². The number of Topliss-reactive ketones (excluding diaryl/α,β-unsaturated/α-hetero) is 1. The summed E-state index contributed by atoms with van der Waals surface area (Å²) in [5.74, 6) is 0.100. The van der Waals surface area contributed by atoms with Gasteiger partial charge in [-0.2, -0.15) is 0 Å². The van der Waals surface area contributed by atoms with Crippen LogP contribution in [-0.4, -0.2) is 26.1 Å². The molecule has 0 fully saturated rings. The lowest BCUT2D eigenvalue weighted by Gasteiger charge is -2.08. The maximum absolute atomic E-state index is 12.3. The van der Waals surface area contributed by atoms with Crippen molar-refractivity contribution in [2.45, 2.75) is 5.16 Å². The number of para-hydroxylation sites is 1. The third kappa shape index (κ3) is 2.78. The number of fused-ring (bicyclic) bond motifs is 1. The van der Waals surface area contributed by atoms with Gasteiger partial charge in [-0.25, -0.2) is 4.98 Å². The average Bonchev–Trinajstić information content (AvgIpc) is 2.57. The number of carbonyl (C=O) groups is 1. The molecule has 2 heterocycles. The molecule has 6 heteroatoms. The molecule has 0 bridgehead atoms. The molecule has 0 N–H and O–H groups in total. The Hall–Kier alpha value is -2.47. The zero-order chi connectivity index (χ0) is 15.5. The number of rotatable bonds is 4. The Kier molecular flexibility index (Phi) is 4.02. The van der Waals surface area contributed by atoms with Gasteiger partial charge >= 0.3 is 0 Å². The molecule has 3 aromatic rings. The van der Waals surface area contributed by atoms with E-state index in [0.29, 0.717) is 21.8 Å². The van der Waals surface area contributed by atoms with Crippen molar-refractivity contribution in [1.29, 1.82) is 0 Å². The van der Waals surface area contributed by atoms with Crippen LogP contribution in [0.4, 0.5) is 0 Å². The van der Waals surface area contributed by atoms with Crippen molar-refractivity contribution in [2.75, 3.05) is 5.75 Å². The molecule has 0 amide bonds. The highest BCUT2D eigenvalue weighted by Gasteiger charge is 2.12. The summed E-state index contributed by atoms with van der Waals surface area (Å²) in [6, 6.07) is 12.4. The average molecular weight is 311 g/mol. The number of nitrogens with zero attached hydrogens (tertiary/aromatic N) is 3. The van der Waals surface area contributed by atoms with Crippen molar-refractivity contribution >= 4 is 28.4 Å². The summed E-state index contributed by atoms with van der Waals surface area (Å²) in [5, 5.41) is 1.10. The highest BCUT2D eigenvalue weighted by molar-refractivity contribution is 7.99. The fourth-order valence-electron chi connectivity index (χ4n) is 2.06. The molecule has 1 aromatic carbocycles. The van der Waals surface area contributed by atoms with Crippen molar-refractivity contribution in [3.05, 3.63) is 64.7 Å². The van der Waals surface area contributed by atoms with E-state index in [1.165, 1.54) is 16.3 Å². The molecule has 0 aliphatic heterocycles. The summed E-state index contributed by atoms with van der Waals surface area (Å²) < 4.78 is 1.47. The molecule has 22 heavy (non-hydrogen) atoms. The predicted molar refractivity (Wildman–Crippen MR) is 86.3 cm³/mol. The molecule has 0 spiro atoms. The van der Waals surface area contributed by atoms with Gasteiger partial charge in [-0.05, 0) is 24.3 Å². The SMILES string of the molecule is Cn1c(SCC(=O)c2ccccn2)nc2ccccc2c1=O. The number of benzene rings is 1. The van der Waals surface area contributed by atoms with Gasteiger partial charge in [0.05, 0.1) is 16.7 Å². The van der Waals surface area contributed by atoms with Crippen LogP contribution in [0.2, 0.25) is 0 Å². The minimum absolute atomic E-state index is 0.0898. The molecule has 3 rings (SSSR count). The standard InChI is InChI=1S/C16H13N3O2S/c1-19-15(21)11-6-2-3-7-12(11)18-16(19)22-10-14(20)13-8-4-5-9-17-13/h2-9H,10H2,1H3. The second kappa shape index (κ2) is 6.11. The van der Waals surface area contributed by atoms with E-state index in [0.717, 1.165) is 0 Å². The molecule has 0 atom stereocenters. The minimum atomic E-state index is -0.113. The Morgan fingerprint density at radius 1 is 1.18 bits per heavy atom. The molecular formula is C16H13N3O2S. The van der Waals surface area contributed by atoms with Crippen LogP contribution in [0.1, 0.15) is 10.5 Å². The van der Waals surface area contributed by atoms with Gasteiger partial charge in [-0.15, -0.1) is 0 Å². The van der Waals surface area contributed by atoms with Gasteiger partial charge in [0.1, 0.15) is 5.69 Å². The molecule has 2 aromatic heterocycles. The molecule has 0 unspecified atom stereocenters. The molecular weight excluding hydrogens is 298 g/mol. The molecule has 110 valence electrons. The first kappa shape index (κ1) is 14.5. The number of pyridine rings is 1. The monoisotopic (exact) mass is 311 g/mol. The van der Waals surface area contributed by atoms with Gasteiger partial charge in [-0.1, -0.05) is 30.0 Å². The zero-order valence-electron chi connectivity index (χ0n) is 11.9. The van der Waals surface area contributed by atoms with Crippen molar-refractivity contribution in [3.63, 3.8) is 0 Å². The van der Waals surface area contributed by atoms with Crippen molar-refractivity contribution in [2.24, 2.45) is 7.05 Å². The first-order valence-corrected chi connectivity index (χ1v) is 7.68. The summed E-state index contributed by atoms with van der Waals surface area (Å²) in [7, 11) is 1.66. The van der Waals surface area contributed by atoms with Gasteiger partial charge in [0.15, 0.2) is 10.9 Å². The summed E-state index contributed by atoms with van der Waals surface area (Å²) in [6.45, 7) is 0. The van der Waals surface area contributed by atoms with Gasteiger partial charge in [0.2, 0.25) is 0 Å². The lowest BCUT2D eigenvalue weighted by Crippen LogP contribution is -2.20. The van der Waals surface area contributed by atoms with Gasteiger partial charge in [-0.3, -0.25) is 19.1 Å². The van der Waals surface area contributed by atoms with Crippen LogP contribution in [0.5, 0.6) is 0 Å². The van der Waals surface area contributed by atoms with Crippen molar-refractivity contribution in [1.82, 2.24) is 14.5 Å². The fraction of sp³-hybridized carbons (Fsp3) is 0.125. The van der Waals surface area contributed by atoms with Crippen LogP contribution in [0.3, 0.4) is 0 Å². The Morgan fingerprint density at radius 2 is 1.95 bits per heavy atom. The van der Waals surface area contributed by atoms with E-state index >= 15 is 0 Å². The fourth-order valence-corrected chi connectivity index (χ4v) is 2.91. The summed E-state index contributed by atoms with van der Waals surface area (Å²) in [4.78, 5) is 32.8. The Labute approximate surface area is 131 Å². The molecule has 0 saturated heterocycles. The van der Waals surface area contributed by atoms with E-state index in [1.807, 2.05) is 12.1 Å². The van der Waals surface area contributed by atoms with Crippen LogP contribution < -0.4 is 5.56 Å². The highest BCUT2D eigenvalue weighted by Crippen LogP contribution is 2.17. The molecule has 0 saturated carbocycles. The third-order valence-corrected chi connectivity index (χ3v) is 4.25. The highest BCUT2D eigenvalue weighted by atomic mass is 32.2. The maximum atomic E-state index is 12.3. The first-order valence-electron chi connectivity index (χ1n) is 6.69. The van der Waals surface area contributed by atoms with E-state index in [1.54, 1.807) is 43.6 Å². The number of aromatic nitrogens is 3. The van der Waals surface area contributed by atoms with Crippen LogP contribution in [0, 0.1) is 0 Å². The lowest BCUT2D eigenvalue weighted by molar-refractivity contribution is 0.101. The molecule has 0 radical (unpaired) electrons. The molecule has 0 aliphatic rings. The number of ketones is 1. The van der Waals surface area contributed by atoms with Crippen LogP contribution in [-0.2, 0) is 7.05 Å². The third-order valence-electron chi connectivity index (χ3n) is 3.23. The van der Waals surface area contributed by atoms with E-state index in [-0.39, 0.29) is 17.1 Å². The molecule has 0 aliphatic carbocycles. The van der Waals surface area contributed by atoms with Crippen molar-refractivity contribution < 1.29 is 4.79 Å². The Balaban J connectivity index is 1.87. The lowest BCUT2D eigenvalue weighted by atomic mass is 10.2. The largest absolute Gasteiger partial charge is 0.291 e. The predicted octanol–water partition coefficient (Wildman–Crippen LogP) is 2.30. The first-order chi connectivity index (χ1) is 10.7. The van der Waals surface area contributed by atoms with E-state index < -0.39 is 0 Å². The van der Waals surface area contributed by atoms with E-state index in [4.69, 9.17) is 0 Å². The smallest absolute Gasteiger partial charge is 0.261 e. The Morgan fingerprint density at radius 3 is 2.73 bits per heavy atom. The number of hydrogen-bond acceptors (Lipinski definition) is 5. The Bertz CT molecular complexity index is 891. The van der Waals surface area contributed by atoms with Crippen LogP contribution in [0.25, 0.3) is 10.9 Å². The van der Waals surface area contributed by atoms with E-state index in [9.17, 15) is 9.59 Å². The normalized spacial score (nSPS) is 10.8. The number of hydrogen-bond donors (Lipinski definition) is 0. The second-order valence-electron chi connectivity index (χ2n) is 4.70. The van der Waals surface area contributed by atoms with Gasteiger partial charge in [0.25, 0.3) is 5.56 Å². The minimum Gasteiger partial charge on any atom is -0.291 e. The second-order valence-corrected chi connectivity index (χ2v) is 5.65. The summed E-state index contributed by atoms with van der Waals surface area (Å²) in [6.07, 6.45) is 1.59. The summed E-state index contributed by atoms with van der Waals surface area (Å²) >= 11 is 1.24. The quantitative estimate of drug-likeness (QED) is 0.420. The van der Waals surface area contributed by atoms with Gasteiger partial charge < -0.3 is 0 Å². The van der Waals surface area contributed by atoms with Crippen LogP contribution in [0.15, 0.2) is 58.6 Å². The maximum Gasteiger partial charge on any atom is 0.261 e. The summed E-state index contributed by atoms with van der Waals surface area (Å²) in [5.41, 5.74) is 0.942. The van der Waals surface area contributed by atoms with Crippen LogP contribution >= 0.6 is 11.8 Å². The van der Waals surface area contributed by atoms with Crippen molar-refractivity contribution in [3.8, 4) is 0 Å². The van der Waals surface area contributed by atoms with E-state index in [2.05, 4.69) is 9.97 Å². The molecule has 5 nitrogen and oxygen atoms in total. The topological polar surface area (TPSA) is 64.8 Å². The number of thioether (sulfide) groups is 1. The number of carbonyl (C=O) groups excluding carboxylic acids is 1. The zero-order valence-corrected chi connectivity index (χ0v) is 12.7.